The van der Waals surface area contributed by atoms with E-state index in [4.69, 9.17) is 11.6 Å². The summed E-state index contributed by atoms with van der Waals surface area (Å²) in [5.74, 6) is 1.43. The van der Waals surface area contributed by atoms with Crippen LogP contribution in [0, 0.1) is 5.92 Å². The van der Waals surface area contributed by atoms with Gasteiger partial charge < -0.3 is 0 Å². The Kier molecular flexibility index (Phi) is 2.82. The Balaban J connectivity index is 2.26. The first kappa shape index (κ1) is 10.0. The second-order valence-corrected chi connectivity index (χ2v) is 4.39. The van der Waals surface area contributed by atoms with Crippen LogP contribution in [-0.2, 0) is 12.3 Å². The smallest absolute Gasteiger partial charge is 0.0536 e. The van der Waals surface area contributed by atoms with Gasteiger partial charge in [-0.1, -0.05) is 6.92 Å². The molecule has 0 N–H and O–H groups in total. The lowest BCUT2D eigenvalue weighted by molar-refractivity contribution is 0.426. The zero-order chi connectivity index (χ0) is 10.1. The summed E-state index contributed by atoms with van der Waals surface area (Å²) in [5.41, 5.74) is 2.51. The predicted octanol–water partition coefficient (Wildman–Crippen LogP) is 3.16. The van der Waals surface area contributed by atoms with Crippen molar-refractivity contribution in [3.05, 3.63) is 17.5 Å². The van der Waals surface area contributed by atoms with Crippen molar-refractivity contribution in [3.8, 4) is 0 Å². The van der Waals surface area contributed by atoms with E-state index in [9.17, 15) is 0 Å². The number of hydrogen-bond acceptors (Lipinski definition) is 1. The van der Waals surface area contributed by atoms with Crippen LogP contribution < -0.4 is 0 Å². The Morgan fingerprint density at radius 2 is 2.36 bits per heavy atom. The molecule has 0 saturated heterocycles. The Morgan fingerprint density at radius 1 is 1.64 bits per heavy atom. The van der Waals surface area contributed by atoms with Gasteiger partial charge in [0.1, 0.15) is 0 Å². The summed E-state index contributed by atoms with van der Waals surface area (Å²) in [4.78, 5) is 0. The Bertz CT molecular complexity index is 315. The third kappa shape index (κ3) is 1.68. The molecule has 0 aromatic carbocycles. The largest absolute Gasteiger partial charge is 0.266 e. The first-order valence-corrected chi connectivity index (χ1v) is 5.92. The van der Waals surface area contributed by atoms with Gasteiger partial charge in [0.2, 0.25) is 0 Å². The van der Waals surface area contributed by atoms with Gasteiger partial charge >= 0.3 is 0 Å². The van der Waals surface area contributed by atoms with E-state index in [0.29, 0.717) is 11.9 Å². The van der Waals surface area contributed by atoms with Crippen molar-refractivity contribution in [1.29, 1.82) is 0 Å². The van der Waals surface area contributed by atoms with E-state index in [1.807, 2.05) is 6.20 Å². The second kappa shape index (κ2) is 3.93. The lowest BCUT2D eigenvalue weighted by atomic mass is 10.2. The zero-order valence-corrected chi connectivity index (χ0v) is 9.59. The molecular formula is C11H17ClN2. The minimum atomic E-state index is 0.557. The third-order valence-corrected chi connectivity index (χ3v) is 3.44. The fraction of sp³-hybridized carbons (Fsp3) is 0.727. The van der Waals surface area contributed by atoms with Gasteiger partial charge in [0.05, 0.1) is 18.1 Å². The van der Waals surface area contributed by atoms with Gasteiger partial charge in [-0.15, -0.1) is 11.6 Å². The van der Waals surface area contributed by atoms with Crippen LogP contribution in [0.3, 0.4) is 0 Å². The first-order valence-electron chi connectivity index (χ1n) is 5.39. The van der Waals surface area contributed by atoms with Gasteiger partial charge in [0, 0.05) is 11.3 Å². The van der Waals surface area contributed by atoms with E-state index in [2.05, 4.69) is 23.6 Å². The molecule has 78 valence electrons. The van der Waals surface area contributed by atoms with Crippen molar-refractivity contribution in [2.75, 3.05) is 0 Å². The van der Waals surface area contributed by atoms with Crippen LogP contribution in [0.1, 0.15) is 44.0 Å². The quantitative estimate of drug-likeness (QED) is 0.702. The molecule has 0 bridgehead atoms. The summed E-state index contributed by atoms with van der Waals surface area (Å²) in [6, 6.07) is 0.557. The van der Waals surface area contributed by atoms with E-state index in [1.165, 1.54) is 24.1 Å². The molecule has 1 atom stereocenters. The lowest BCUT2D eigenvalue weighted by Crippen LogP contribution is -2.12. The number of rotatable bonds is 4. The maximum atomic E-state index is 5.87. The molecule has 1 aliphatic carbocycles. The highest BCUT2D eigenvalue weighted by molar-refractivity contribution is 6.17. The molecule has 1 unspecified atom stereocenters. The molecular weight excluding hydrogens is 196 g/mol. The molecule has 14 heavy (non-hydrogen) atoms. The molecule has 3 heteroatoms. The minimum absolute atomic E-state index is 0.557. The monoisotopic (exact) mass is 212 g/mol. The van der Waals surface area contributed by atoms with Gasteiger partial charge in [-0.3, -0.25) is 4.68 Å². The first-order chi connectivity index (χ1) is 6.77. The number of hydrogen-bond donors (Lipinski definition) is 0. The van der Waals surface area contributed by atoms with E-state index in [-0.39, 0.29) is 0 Å². The molecule has 2 nitrogen and oxygen atoms in total. The molecule has 1 aliphatic rings. The number of aromatic nitrogens is 2. The van der Waals surface area contributed by atoms with Crippen molar-refractivity contribution in [2.24, 2.45) is 5.92 Å². The van der Waals surface area contributed by atoms with Gasteiger partial charge in [0.25, 0.3) is 0 Å². The van der Waals surface area contributed by atoms with Crippen molar-refractivity contribution >= 4 is 11.6 Å². The fourth-order valence-electron chi connectivity index (χ4n) is 2.05. The number of alkyl halides is 1. The van der Waals surface area contributed by atoms with Crippen molar-refractivity contribution in [3.63, 3.8) is 0 Å². The van der Waals surface area contributed by atoms with E-state index in [1.54, 1.807) is 0 Å². The van der Waals surface area contributed by atoms with Gasteiger partial charge in [0.15, 0.2) is 0 Å². The highest BCUT2D eigenvalue weighted by atomic mass is 35.5. The van der Waals surface area contributed by atoms with E-state index in [0.717, 1.165) is 12.3 Å². The highest BCUT2D eigenvalue weighted by Gasteiger charge is 2.30. The lowest BCUT2D eigenvalue weighted by Gasteiger charge is -2.14. The maximum Gasteiger partial charge on any atom is 0.0536 e. The van der Waals surface area contributed by atoms with E-state index >= 15 is 0 Å². The summed E-state index contributed by atoms with van der Waals surface area (Å²) in [6.07, 6.45) is 5.67. The molecule has 1 aromatic heterocycles. The summed E-state index contributed by atoms with van der Waals surface area (Å²) in [6.45, 7) is 4.44. The van der Waals surface area contributed by atoms with E-state index < -0.39 is 0 Å². The Labute approximate surface area is 90.3 Å². The Morgan fingerprint density at radius 3 is 2.86 bits per heavy atom. The molecule has 0 amide bonds. The van der Waals surface area contributed by atoms with Crippen LogP contribution in [-0.4, -0.2) is 9.78 Å². The van der Waals surface area contributed by atoms with Gasteiger partial charge in [-0.25, -0.2) is 0 Å². The summed E-state index contributed by atoms with van der Waals surface area (Å²) in [7, 11) is 0. The summed E-state index contributed by atoms with van der Waals surface area (Å²) >= 11 is 5.87. The van der Waals surface area contributed by atoms with Crippen LogP contribution in [0.5, 0.6) is 0 Å². The normalized spacial score (nSPS) is 18.5. The average Bonchev–Trinajstić information content (AvgIpc) is 2.96. The molecule has 1 saturated carbocycles. The van der Waals surface area contributed by atoms with Crippen molar-refractivity contribution < 1.29 is 0 Å². The highest BCUT2D eigenvalue weighted by Crippen LogP contribution is 2.39. The second-order valence-electron chi connectivity index (χ2n) is 4.13. The predicted molar refractivity (Wildman–Crippen MR) is 58.6 cm³/mol. The zero-order valence-electron chi connectivity index (χ0n) is 8.83. The third-order valence-electron chi connectivity index (χ3n) is 3.15. The standard InChI is InChI=1S/C11H17ClN2/c1-3-11-10(6-12)7-13-14(11)8(2)9-4-5-9/h7-9H,3-6H2,1-2H3. The maximum absolute atomic E-state index is 5.87. The molecule has 1 heterocycles. The van der Waals surface area contributed by atoms with Gasteiger partial charge in [-0.2, -0.15) is 5.10 Å². The average molecular weight is 213 g/mol. The molecule has 0 radical (unpaired) electrons. The van der Waals surface area contributed by atoms with Crippen molar-refractivity contribution in [1.82, 2.24) is 9.78 Å². The summed E-state index contributed by atoms with van der Waals surface area (Å²) in [5, 5.41) is 4.45. The molecule has 2 rings (SSSR count). The minimum Gasteiger partial charge on any atom is -0.266 e. The molecule has 0 aliphatic heterocycles. The summed E-state index contributed by atoms with van der Waals surface area (Å²) < 4.78 is 2.18. The fourth-order valence-corrected chi connectivity index (χ4v) is 2.28. The van der Waals surface area contributed by atoms with Crippen LogP contribution in [0.4, 0.5) is 0 Å². The van der Waals surface area contributed by atoms with Crippen molar-refractivity contribution in [2.45, 2.75) is 45.0 Å². The van der Waals surface area contributed by atoms with Crippen LogP contribution in [0.2, 0.25) is 0 Å². The Hall–Kier alpha value is -0.500. The molecule has 1 fully saturated rings. The molecule has 0 spiro atoms. The van der Waals surface area contributed by atoms with Gasteiger partial charge in [-0.05, 0) is 32.1 Å². The molecule has 1 aromatic rings. The van der Waals surface area contributed by atoms with Crippen LogP contribution in [0.25, 0.3) is 0 Å². The number of halogens is 1. The van der Waals surface area contributed by atoms with Crippen LogP contribution in [0.15, 0.2) is 6.20 Å². The number of nitrogens with zero attached hydrogens (tertiary/aromatic N) is 2. The van der Waals surface area contributed by atoms with Crippen LogP contribution >= 0.6 is 11.6 Å². The topological polar surface area (TPSA) is 17.8 Å². The SMILES string of the molecule is CCc1c(CCl)cnn1C(C)C1CC1.